The Morgan fingerprint density at radius 3 is 2.12 bits per heavy atom. The van der Waals surface area contributed by atoms with E-state index in [2.05, 4.69) is 5.32 Å². The van der Waals surface area contributed by atoms with Gasteiger partial charge in [0.05, 0.1) is 5.92 Å². The van der Waals surface area contributed by atoms with Crippen LogP contribution in [0.2, 0.25) is 0 Å². The van der Waals surface area contributed by atoms with Gasteiger partial charge in [-0.05, 0) is 18.9 Å². The van der Waals surface area contributed by atoms with Gasteiger partial charge in [-0.1, -0.05) is 60.7 Å². The molecule has 0 bridgehead atoms. The van der Waals surface area contributed by atoms with Crippen molar-refractivity contribution in [1.29, 1.82) is 0 Å². The number of Topliss-reactive ketones (excluding diaryl/α,β-unsaturated/α-hetero) is 2. The van der Waals surface area contributed by atoms with Gasteiger partial charge in [0.2, 0.25) is 5.91 Å². The molecule has 0 fully saturated rings. The van der Waals surface area contributed by atoms with Crippen molar-refractivity contribution in [3.63, 3.8) is 0 Å². The van der Waals surface area contributed by atoms with E-state index in [1.54, 1.807) is 19.1 Å². The summed E-state index contributed by atoms with van der Waals surface area (Å²) in [5.41, 5.74) is 1.65. The Kier molecular flexibility index (Phi) is 7.08. The average molecular weight is 337 g/mol. The third-order valence-corrected chi connectivity index (χ3v) is 4.11. The second-order valence-corrected chi connectivity index (χ2v) is 6.03. The van der Waals surface area contributed by atoms with Gasteiger partial charge < -0.3 is 5.32 Å². The number of rotatable bonds is 9. The van der Waals surface area contributed by atoms with E-state index in [4.69, 9.17) is 0 Å². The summed E-state index contributed by atoms with van der Waals surface area (Å²) in [4.78, 5) is 36.2. The molecule has 25 heavy (non-hydrogen) atoms. The number of carbonyl (C=O) groups excluding carboxylic acids is 3. The summed E-state index contributed by atoms with van der Waals surface area (Å²) in [6.07, 6.45) is 1.01. The van der Waals surface area contributed by atoms with Crippen molar-refractivity contribution < 1.29 is 14.4 Å². The second-order valence-electron chi connectivity index (χ2n) is 6.03. The van der Waals surface area contributed by atoms with E-state index in [1.807, 2.05) is 48.5 Å². The molecule has 1 amide bonds. The molecule has 1 unspecified atom stereocenters. The van der Waals surface area contributed by atoms with Crippen molar-refractivity contribution in [3.05, 3.63) is 71.8 Å². The second kappa shape index (κ2) is 9.52. The molecule has 1 atom stereocenters. The standard InChI is InChI=1S/C21H23NO3/c1-16(21(25)22-15-17-9-4-2-5-10-17)19(23)13-8-14-20(24)18-11-6-3-7-12-18/h2-7,9-12,16H,8,13-15H2,1H3,(H,22,25). The first-order chi connectivity index (χ1) is 12.1. The van der Waals surface area contributed by atoms with Crippen LogP contribution >= 0.6 is 0 Å². The fourth-order valence-corrected chi connectivity index (χ4v) is 2.49. The molecule has 0 heterocycles. The van der Waals surface area contributed by atoms with E-state index in [-0.39, 0.29) is 23.9 Å². The van der Waals surface area contributed by atoms with Gasteiger partial charge in [-0.2, -0.15) is 0 Å². The van der Waals surface area contributed by atoms with Gasteiger partial charge in [-0.25, -0.2) is 0 Å². The van der Waals surface area contributed by atoms with E-state index < -0.39 is 5.92 Å². The van der Waals surface area contributed by atoms with Gasteiger partial charge in [-0.15, -0.1) is 0 Å². The number of benzene rings is 2. The van der Waals surface area contributed by atoms with Gasteiger partial charge in [0, 0.05) is 24.9 Å². The van der Waals surface area contributed by atoms with Crippen LogP contribution in [0.3, 0.4) is 0 Å². The summed E-state index contributed by atoms with van der Waals surface area (Å²) < 4.78 is 0. The van der Waals surface area contributed by atoms with Crippen LogP contribution in [0.15, 0.2) is 60.7 Å². The normalized spacial score (nSPS) is 11.6. The smallest absolute Gasteiger partial charge is 0.230 e. The van der Waals surface area contributed by atoms with Crippen molar-refractivity contribution >= 4 is 17.5 Å². The van der Waals surface area contributed by atoms with Crippen molar-refractivity contribution in [2.24, 2.45) is 5.92 Å². The lowest BCUT2D eigenvalue weighted by Gasteiger charge is -2.11. The fraction of sp³-hybridized carbons (Fsp3) is 0.286. The largest absolute Gasteiger partial charge is 0.351 e. The van der Waals surface area contributed by atoms with Crippen LogP contribution < -0.4 is 5.32 Å². The fourth-order valence-electron chi connectivity index (χ4n) is 2.49. The Morgan fingerprint density at radius 1 is 0.880 bits per heavy atom. The number of carbonyl (C=O) groups is 3. The molecule has 0 aliphatic rings. The highest BCUT2D eigenvalue weighted by Crippen LogP contribution is 2.10. The zero-order valence-electron chi connectivity index (χ0n) is 14.4. The number of amides is 1. The lowest BCUT2D eigenvalue weighted by atomic mass is 9.98. The zero-order valence-corrected chi connectivity index (χ0v) is 14.4. The van der Waals surface area contributed by atoms with Crippen molar-refractivity contribution in [2.45, 2.75) is 32.7 Å². The molecule has 0 aromatic heterocycles. The molecular weight excluding hydrogens is 314 g/mol. The molecule has 1 N–H and O–H groups in total. The Balaban J connectivity index is 1.72. The molecule has 4 nitrogen and oxygen atoms in total. The van der Waals surface area contributed by atoms with E-state index in [0.29, 0.717) is 24.9 Å². The molecule has 0 saturated heterocycles. The molecule has 130 valence electrons. The monoisotopic (exact) mass is 337 g/mol. The third-order valence-electron chi connectivity index (χ3n) is 4.11. The molecule has 0 radical (unpaired) electrons. The number of hydrogen-bond donors (Lipinski definition) is 1. The molecule has 2 aromatic carbocycles. The highest BCUT2D eigenvalue weighted by molar-refractivity contribution is 6.01. The van der Waals surface area contributed by atoms with Crippen molar-refractivity contribution in [3.8, 4) is 0 Å². The lowest BCUT2D eigenvalue weighted by molar-refractivity contribution is -0.133. The van der Waals surface area contributed by atoms with Crippen LogP contribution in [0.1, 0.15) is 42.1 Å². The first-order valence-corrected chi connectivity index (χ1v) is 8.50. The highest BCUT2D eigenvalue weighted by atomic mass is 16.2. The number of nitrogens with one attached hydrogen (secondary N) is 1. The van der Waals surface area contributed by atoms with Gasteiger partial charge in [-0.3, -0.25) is 14.4 Å². The predicted octanol–water partition coefficient (Wildman–Crippen LogP) is 3.56. The van der Waals surface area contributed by atoms with Crippen LogP contribution in [0, 0.1) is 5.92 Å². The van der Waals surface area contributed by atoms with Gasteiger partial charge in [0.1, 0.15) is 5.78 Å². The van der Waals surface area contributed by atoms with Crippen LogP contribution in [0.4, 0.5) is 0 Å². The SMILES string of the molecule is CC(C(=O)CCCC(=O)c1ccccc1)C(=O)NCc1ccccc1. The van der Waals surface area contributed by atoms with Crippen LogP contribution in [0.5, 0.6) is 0 Å². The van der Waals surface area contributed by atoms with Gasteiger partial charge >= 0.3 is 0 Å². The Labute approximate surface area is 148 Å². The Bertz CT molecular complexity index is 710. The van der Waals surface area contributed by atoms with Crippen LogP contribution in [-0.2, 0) is 16.1 Å². The average Bonchev–Trinajstić information content (AvgIpc) is 2.66. The van der Waals surface area contributed by atoms with E-state index in [1.165, 1.54) is 0 Å². The van der Waals surface area contributed by atoms with Crippen LogP contribution in [-0.4, -0.2) is 17.5 Å². The summed E-state index contributed by atoms with van der Waals surface area (Å²) in [5.74, 6) is -1.08. The minimum absolute atomic E-state index is 0.0228. The Hall–Kier alpha value is -2.75. The first kappa shape index (κ1) is 18.6. The summed E-state index contributed by atoms with van der Waals surface area (Å²) in [6.45, 7) is 2.02. The summed E-state index contributed by atoms with van der Waals surface area (Å²) in [7, 11) is 0. The molecule has 0 spiro atoms. The summed E-state index contributed by atoms with van der Waals surface area (Å²) >= 11 is 0. The third kappa shape index (κ3) is 5.99. The van der Waals surface area contributed by atoms with E-state index in [9.17, 15) is 14.4 Å². The molecule has 0 aliphatic carbocycles. The molecule has 2 aromatic rings. The molecule has 2 rings (SSSR count). The van der Waals surface area contributed by atoms with Crippen LogP contribution in [0.25, 0.3) is 0 Å². The van der Waals surface area contributed by atoms with Crippen molar-refractivity contribution in [1.82, 2.24) is 5.32 Å². The Morgan fingerprint density at radius 2 is 1.48 bits per heavy atom. The number of hydrogen-bond acceptors (Lipinski definition) is 3. The maximum Gasteiger partial charge on any atom is 0.230 e. The lowest BCUT2D eigenvalue weighted by Crippen LogP contribution is -2.33. The minimum atomic E-state index is -0.699. The maximum absolute atomic E-state index is 12.1. The van der Waals surface area contributed by atoms with Gasteiger partial charge in [0.15, 0.2) is 5.78 Å². The van der Waals surface area contributed by atoms with Crippen molar-refractivity contribution in [2.75, 3.05) is 0 Å². The molecule has 0 saturated carbocycles. The zero-order chi connectivity index (χ0) is 18.1. The minimum Gasteiger partial charge on any atom is -0.351 e. The summed E-state index contributed by atoms with van der Waals surface area (Å²) in [6, 6.07) is 18.6. The quantitative estimate of drug-likeness (QED) is 0.562. The molecular formula is C21H23NO3. The first-order valence-electron chi connectivity index (χ1n) is 8.50. The highest BCUT2D eigenvalue weighted by Gasteiger charge is 2.20. The van der Waals surface area contributed by atoms with E-state index in [0.717, 1.165) is 5.56 Å². The summed E-state index contributed by atoms with van der Waals surface area (Å²) in [5, 5.41) is 2.78. The maximum atomic E-state index is 12.1. The predicted molar refractivity (Wildman–Crippen MR) is 97.1 cm³/mol. The number of ketones is 2. The topological polar surface area (TPSA) is 63.2 Å². The molecule has 0 aliphatic heterocycles. The van der Waals surface area contributed by atoms with E-state index >= 15 is 0 Å². The molecule has 4 heteroatoms. The van der Waals surface area contributed by atoms with Gasteiger partial charge in [0.25, 0.3) is 0 Å².